The number of hydrogen-bond donors (Lipinski definition) is 2. The van der Waals surface area contributed by atoms with Crippen LogP contribution in [-0.4, -0.2) is 65.0 Å². The van der Waals surface area contributed by atoms with Gasteiger partial charge in [-0.05, 0) is 30.7 Å². The van der Waals surface area contributed by atoms with Crippen molar-refractivity contribution in [1.29, 1.82) is 0 Å². The topological polar surface area (TPSA) is 124 Å². The summed E-state index contributed by atoms with van der Waals surface area (Å²) in [7, 11) is 3.08. The van der Waals surface area contributed by atoms with Crippen LogP contribution in [0.2, 0.25) is 0 Å². The number of pyridine rings is 2. The van der Waals surface area contributed by atoms with Crippen LogP contribution in [0.25, 0.3) is 5.65 Å². The van der Waals surface area contributed by atoms with E-state index >= 15 is 0 Å². The Morgan fingerprint density at radius 3 is 2.51 bits per heavy atom. The summed E-state index contributed by atoms with van der Waals surface area (Å²) >= 11 is 0. The van der Waals surface area contributed by atoms with Gasteiger partial charge < -0.3 is 29.0 Å². The predicted octanol–water partition coefficient (Wildman–Crippen LogP) is 3.92. The average Bonchev–Trinajstić information content (AvgIpc) is 3.49. The predicted molar refractivity (Wildman–Crippen MR) is 124 cm³/mol. The number of methoxy groups -OCH3 is 2. The van der Waals surface area contributed by atoms with Gasteiger partial charge in [0.1, 0.15) is 17.2 Å². The molecule has 1 saturated carbocycles. The van der Waals surface area contributed by atoms with Crippen LogP contribution in [0.3, 0.4) is 0 Å². The largest absolute Gasteiger partial charge is 0.496 e. The zero-order valence-electron chi connectivity index (χ0n) is 20.0. The van der Waals surface area contributed by atoms with Crippen molar-refractivity contribution in [3.05, 3.63) is 47.9 Å². The minimum Gasteiger partial charge on any atom is -0.496 e. The van der Waals surface area contributed by atoms with Gasteiger partial charge in [0.05, 0.1) is 32.1 Å². The molecule has 2 fully saturated rings. The first kappa shape index (κ1) is 26.2. The van der Waals surface area contributed by atoms with E-state index in [9.17, 15) is 18.0 Å². The molecular formula is C24H25F3N4O6. The van der Waals surface area contributed by atoms with E-state index in [2.05, 4.69) is 10.3 Å². The highest BCUT2D eigenvalue weighted by Crippen LogP contribution is 2.55. The van der Waals surface area contributed by atoms with Crippen LogP contribution >= 0.6 is 0 Å². The van der Waals surface area contributed by atoms with Crippen molar-refractivity contribution >= 4 is 23.3 Å². The summed E-state index contributed by atoms with van der Waals surface area (Å²) in [6, 6.07) is 6.99. The number of imidazole rings is 1. The van der Waals surface area contributed by atoms with Gasteiger partial charge in [0.25, 0.3) is 5.91 Å². The van der Waals surface area contributed by atoms with Gasteiger partial charge in [-0.2, -0.15) is 18.2 Å². The smallest absolute Gasteiger partial charge is 0.490 e. The van der Waals surface area contributed by atoms with Gasteiger partial charge in [-0.25, -0.2) is 9.78 Å². The SMILES string of the molecule is COc1cccc(NC(=O)c2cn3cc(C4CC5(CCOC5)C4)nc3cc2OC)n1.O=C(O)C(F)(F)F. The molecule has 3 aromatic heterocycles. The second kappa shape index (κ2) is 10.2. The van der Waals surface area contributed by atoms with E-state index in [4.69, 9.17) is 29.1 Å². The number of carboxylic acids is 1. The van der Waals surface area contributed by atoms with E-state index in [1.165, 1.54) is 7.11 Å². The van der Waals surface area contributed by atoms with Crippen molar-refractivity contribution < 1.29 is 42.1 Å². The van der Waals surface area contributed by atoms with Gasteiger partial charge in [-0.15, -0.1) is 0 Å². The number of fused-ring (bicyclic) bond motifs is 1. The number of aliphatic carboxylic acids is 1. The number of nitrogens with one attached hydrogen (secondary N) is 1. The number of aromatic nitrogens is 3. The molecule has 1 aliphatic carbocycles. The van der Waals surface area contributed by atoms with Crippen molar-refractivity contribution in [2.24, 2.45) is 5.41 Å². The average molecular weight is 522 g/mol. The molecule has 0 bridgehead atoms. The molecule has 4 heterocycles. The van der Waals surface area contributed by atoms with E-state index in [-0.39, 0.29) is 5.91 Å². The number of alkyl halides is 3. The number of hydrogen-bond acceptors (Lipinski definition) is 7. The molecule has 0 unspecified atom stereocenters. The number of rotatable bonds is 5. The highest BCUT2D eigenvalue weighted by Gasteiger charge is 2.48. The number of anilines is 1. The van der Waals surface area contributed by atoms with Gasteiger partial charge in [-0.3, -0.25) is 4.79 Å². The highest BCUT2D eigenvalue weighted by molar-refractivity contribution is 6.05. The van der Waals surface area contributed by atoms with Crippen LogP contribution in [-0.2, 0) is 9.53 Å². The fourth-order valence-corrected chi connectivity index (χ4v) is 4.52. The van der Waals surface area contributed by atoms with E-state index in [1.807, 2.05) is 10.6 Å². The summed E-state index contributed by atoms with van der Waals surface area (Å²) in [4.78, 5) is 30.8. The van der Waals surface area contributed by atoms with Gasteiger partial charge in [-0.1, -0.05) is 6.07 Å². The first-order valence-corrected chi connectivity index (χ1v) is 11.3. The minimum absolute atomic E-state index is 0.310. The fraction of sp³-hybridized carbons (Fsp3) is 0.417. The second-order valence-corrected chi connectivity index (χ2v) is 8.92. The lowest BCUT2D eigenvalue weighted by Gasteiger charge is -2.43. The Morgan fingerprint density at radius 2 is 1.92 bits per heavy atom. The van der Waals surface area contributed by atoms with Gasteiger partial charge in [0, 0.05) is 37.1 Å². The fourth-order valence-electron chi connectivity index (χ4n) is 4.52. The first-order chi connectivity index (χ1) is 17.5. The lowest BCUT2D eigenvalue weighted by molar-refractivity contribution is -0.192. The van der Waals surface area contributed by atoms with Crippen LogP contribution in [0.1, 0.15) is 41.2 Å². The standard InChI is InChI=1S/C22H24N4O4.C2HF3O2/c1-28-17-8-19-23-16(14-9-22(10-14)6-7-30-13-22)12-26(19)11-15(17)21(27)25-18-4-3-5-20(24-18)29-2;3-2(4,5)1(6)7/h3-5,8,11-12,14H,6-7,9-10,13H2,1-2H3,(H,24,25,27);(H,6,7). The minimum atomic E-state index is -5.08. The number of amides is 1. The Morgan fingerprint density at radius 1 is 1.19 bits per heavy atom. The summed E-state index contributed by atoms with van der Waals surface area (Å²) in [5.41, 5.74) is 2.59. The Bertz CT molecular complexity index is 1300. The van der Waals surface area contributed by atoms with E-state index < -0.39 is 12.1 Å². The molecule has 1 saturated heterocycles. The van der Waals surface area contributed by atoms with Crippen molar-refractivity contribution in [2.75, 3.05) is 32.8 Å². The molecule has 37 heavy (non-hydrogen) atoms. The number of nitrogens with zero attached hydrogens (tertiary/aromatic N) is 3. The molecule has 0 atom stereocenters. The lowest BCUT2D eigenvalue weighted by atomic mass is 9.61. The Hall–Kier alpha value is -3.87. The number of ether oxygens (including phenoxy) is 3. The van der Waals surface area contributed by atoms with Crippen LogP contribution in [0, 0.1) is 5.41 Å². The quantitative estimate of drug-likeness (QED) is 0.517. The summed E-state index contributed by atoms with van der Waals surface area (Å²) in [6.45, 7) is 1.74. The number of halogens is 3. The van der Waals surface area contributed by atoms with Gasteiger partial charge >= 0.3 is 12.1 Å². The van der Waals surface area contributed by atoms with Gasteiger partial charge in [0.15, 0.2) is 0 Å². The van der Waals surface area contributed by atoms with Crippen LogP contribution in [0.4, 0.5) is 19.0 Å². The summed E-state index contributed by atoms with van der Waals surface area (Å²) < 4.78 is 49.8. The molecule has 13 heteroatoms. The molecule has 1 aliphatic heterocycles. The summed E-state index contributed by atoms with van der Waals surface area (Å²) in [6.07, 6.45) is 2.06. The molecule has 1 spiro atoms. The first-order valence-electron chi connectivity index (χ1n) is 11.3. The van der Waals surface area contributed by atoms with Crippen molar-refractivity contribution in [3.8, 4) is 11.6 Å². The molecular weight excluding hydrogens is 497 g/mol. The molecule has 3 aromatic rings. The maximum Gasteiger partial charge on any atom is 0.490 e. The van der Waals surface area contributed by atoms with E-state index in [0.717, 1.165) is 43.8 Å². The molecule has 2 N–H and O–H groups in total. The second-order valence-electron chi connectivity index (χ2n) is 8.92. The normalized spacial score (nSPS) is 20.6. The number of carbonyl (C=O) groups excluding carboxylic acids is 1. The monoisotopic (exact) mass is 522 g/mol. The molecule has 1 amide bonds. The maximum atomic E-state index is 12.9. The highest BCUT2D eigenvalue weighted by atomic mass is 19.4. The van der Waals surface area contributed by atoms with Crippen LogP contribution < -0.4 is 14.8 Å². The zero-order valence-corrected chi connectivity index (χ0v) is 20.0. The zero-order chi connectivity index (χ0) is 26.8. The summed E-state index contributed by atoms with van der Waals surface area (Å²) in [5, 5.41) is 9.92. The number of carboxylic acid groups (broad SMARTS) is 1. The third-order valence-corrected chi connectivity index (χ3v) is 6.42. The van der Waals surface area contributed by atoms with Crippen molar-refractivity contribution in [2.45, 2.75) is 31.4 Å². The Labute approximate surface area is 209 Å². The van der Waals surface area contributed by atoms with Crippen LogP contribution in [0.5, 0.6) is 11.6 Å². The van der Waals surface area contributed by atoms with E-state index in [1.54, 1.807) is 37.6 Å². The van der Waals surface area contributed by atoms with Crippen LogP contribution in [0.15, 0.2) is 36.7 Å². The Balaban J connectivity index is 0.000000405. The molecule has 5 rings (SSSR count). The number of carbonyl (C=O) groups is 2. The maximum absolute atomic E-state index is 12.9. The van der Waals surface area contributed by atoms with E-state index in [0.29, 0.717) is 34.3 Å². The molecule has 0 aromatic carbocycles. The third kappa shape index (κ3) is 5.77. The molecule has 198 valence electrons. The lowest BCUT2D eigenvalue weighted by Crippen LogP contribution is -2.36. The van der Waals surface area contributed by atoms with Crippen molar-refractivity contribution in [3.63, 3.8) is 0 Å². The molecule has 0 radical (unpaired) electrons. The van der Waals surface area contributed by atoms with Gasteiger partial charge in [0.2, 0.25) is 5.88 Å². The van der Waals surface area contributed by atoms with Crippen molar-refractivity contribution in [1.82, 2.24) is 14.4 Å². The molecule has 2 aliphatic rings. The summed E-state index contributed by atoms with van der Waals surface area (Å²) in [5.74, 6) is -1.32. The molecule has 10 nitrogen and oxygen atoms in total. The Kier molecular flexibility index (Phi) is 7.25. The third-order valence-electron chi connectivity index (χ3n) is 6.42.